The summed E-state index contributed by atoms with van der Waals surface area (Å²) >= 11 is 0. The molecule has 0 saturated carbocycles. The van der Waals surface area contributed by atoms with Crippen LogP contribution in [0.4, 0.5) is 0 Å². The fourth-order valence-electron chi connectivity index (χ4n) is 3.66. The predicted molar refractivity (Wildman–Crippen MR) is 104 cm³/mol. The maximum Gasteiger partial charge on any atom is 0.220 e. The van der Waals surface area contributed by atoms with Crippen LogP contribution in [0.2, 0.25) is 0 Å². The van der Waals surface area contributed by atoms with Gasteiger partial charge in [0.25, 0.3) is 0 Å². The van der Waals surface area contributed by atoms with Crippen molar-refractivity contribution in [2.75, 3.05) is 7.11 Å². The molecule has 1 aromatic heterocycles. The number of hydrogen-bond acceptors (Lipinski definition) is 3. The second kappa shape index (κ2) is 7.20. The molecule has 4 rings (SSSR count). The predicted octanol–water partition coefficient (Wildman–Crippen LogP) is 5.13. The lowest BCUT2D eigenvalue weighted by Gasteiger charge is -2.15. The van der Waals surface area contributed by atoms with Crippen LogP contribution in [0.3, 0.4) is 0 Å². The third kappa shape index (κ3) is 3.17. The van der Waals surface area contributed by atoms with Gasteiger partial charge in [-0.15, -0.1) is 0 Å². The minimum atomic E-state index is 0.513. The standard InChI is InChI=1S/C23H23NO2/c1-16-19(11-7-12-20(16)17-8-4-3-5-9-17)15-26-23-21-13-6-10-18(21)14-22(24-23)25-2/h3-5,7-9,11-12,14H,6,10,13,15H2,1-2H3. The van der Waals surface area contributed by atoms with Crippen LogP contribution in [-0.4, -0.2) is 12.1 Å². The Morgan fingerprint density at radius 2 is 1.85 bits per heavy atom. The molecule has 0 spiro atoms. The van der Waals surface area contributed by atoms with Crippen molar-refractivity contribution in [3.05, 3.63) is 76.9 Å². The molecule has 0 amide bonds. The van der Waals surface area contributed by atoms with Crippen molar-refractivity contribution >= 4 is 0 Å². The molecule has 0 atom stereocenters. The van der Waals surface area contributed by atoms with E-state index >= 15 is 0 Å². The van der Waals surface area contributed by atoms with Gasteiger partial charge in [0, 0.05) is 11.6 Å². The van der Waals surface area contributed by atoms with Crippen molar-refractivity contribution < 1.29 is 9.47 Å². The molecule has 3 nitrogen and oxygen atoms in total. The Morgan fingerprint density at radius 3 is 2.65 bits per heavy atom. The number of fused-ring (bicyclic) bond motifs is 1. The molecule has 0 bridgehead atoms. The number of ether oxygens (including phenoxy) is 2. The molecular formula is C23H23NO2. The quantitative estimate of drug-likeness (QED) is 0.642. The maximum absolute atomic E-state index is 6.16. The van der Waals surface area contributed by atoms with Gasteiger partial charge in [0.15, 0.2) is 0 Å². The van der Waals surface area contributed by atoms with E-state index in [9.17, 15) is 0 Å². The first-order valence-corrected chi connectivity index (χ1v) is 9.10. The summed E-state index contributed by atoms with van der Waals surface area (Å²) in [5, 5.41) is 0. The van der Waals surface area contributed by atoms with Gasteiger partial charge in [-0.3, -0.25) is 0 Å². The fraction of sp³-hybridized carbons (Fsp3) is 0.261. The van der Waals surface area contributed by atoms with Crippen molar-refractivity contribution in [2.24, 2.45) is 0 Å². The van der Waals surface area contributed by atoms with Gasteiger partial charge in [0.2, 0.25) is 11.8 Å². The average molecular weight is 345 g/mol. The Hall–Kier alpha value is -2.81. The van der Waals surface area contributed by atoms with Crippen molar-refractivity contribution in [2.45, 2.75) is 32.8 Å². The molecule has 26 heavy (non-hydrogen) atoms. The maximum atomic E-state index is 6.16. The lowest BCUT2D eigenvalue weighted by atomic mass is 9.97. The van der Waals surface area contributed by atoms with E-state index in [0.717, 1.165) is 25.1 Å². The Morgan fingerprint density at radius 1 is 1.00 bits per heavy atom. The van der Waals surface area contributed by atoms with E-state index in [1.807, 2.05) is 12.1 Å². The van der Waals surface area contributed by atoms with Crippen molar-refractivity contribution in [1.29, 1.82) is 0 Å². The van der Waals surface area contributed by atoms with Crippen LogP contribution in [0.1, 0.15) is 28.7 Å². The van der Waals surface area contributed by atoms with Gasteiger partial charge in [0.05, 0.1) is 7.11 Å². The van der Waals surface area contributed by atoms with Crippen LogP contribution in [0.15, 0.2) is 54.6 Å². The number of aryl methyl sites for hydroxylation is 1. The number of hydrogen-bond donors (Lipinski definition) is 0. The lowest BCUT2D eigenvalue weighted by molar-refractivity contribution is 0.283. The van der Waals surface area contributed by atoms with Crippen molar-refractivity contribution in [1.82, 2.24) is 4.98 Å². The summed E-state index contributed by atoms with van der Waals surface area (Å²) in [5.41, 5.74) is 7.45. The first-order chi connectivity index (χ1) is 12.8. The monoisotopic (exact) mass is 345 g/mol. The van der Waals surface area contributed by atoms with Gasteiger partial charge >= 0.3 is 0 Å². The average Bonchev–Trinajstić information content (AvgIpc) is 3.16. The highest BCUT2D eigenvalue weighted by Crippen LogP contribution is 2.33. The molecule has 0 saturated heterocycles. The van der Waals surface area contributed by atoms with Crippen LogP contribution in [-0.2, 0) is 19.4 Å². The van der Waals surface area contributed by atoms with Gasteiger partial charge in [-0.1, -0.05) is 48.5 Å². The third-order valence-corrected chi connectivity index (χ3v) is 5.13. The largest absolute Gasteiger partial charge is 0.481 e. The zero-order chi connectivity index (χ0) is 17.9. The molecule has 1 aliphatic carbocycles. The minimum Gasteiger partial charge on any atom is -0.481 e. The summed E-state index contributed by atoms with van der Waals surface area (Å²) < 4.78 is 11.5. The van der Waals surface area contributed by atoms with E-state index in [4.69, 9.17) is 9.47 Å². The van der Waals surface area contributed by atoms with Crippen LogP contribution in [0.5, 0.6) is 11.8 Å². The number of rotatable bonds is 5. The van der Waals surface area contributed by atoms with Crippen LogP contribution < -0.4 is 9.47 Å². The zero-order valence-corrected chi connectivity index (χ0v) is 15.3. The molecule has 3 heteroatoms. The Kier molecular flexibility index (Phi) is 4.61. The molecule has 3 aromatic rings. The van der Waals surface area contributed by atoms with Gasteiger partial charge in [-0.05, 0) is 54.0 Å². The van der Waals surface area contributed by atoms with E-state index in [-0.39, 0.29) is 0 Å². The van der Waals surface area contributed by atoms with Crippen LogP contribution >= 0.6 is 0 Å². The second-order valence-corrected chi connectivity index (χ2v) is 6.71. The van der Waals surface area contributed by atoms with Gasteiger partial charge in [-0.2, -0.15) is 4.98 Å². The van der Waals surface area contributed by atoms with Crippen LogP contribution in [0, 0.1) is 6.92 Å². The molecule has 132 valence electrons. The Balaban J connectivity index is 1.61. The van der Waals surface area contributed by atoms with Gasteiger partial charge in [0.1, 0.15) is 6.61 Å². The summed E-state index contributed by atoms with van der Waals surface area (Å²) in [6.45, 7) is 2.67. The van der Waals surface area contributed by atoms with E-state index in [2.05, 4.69) is 54.4 Å². The van der Waals surface area contributed by atoms with Gasteiger partial charge < -0.3 is 9.47 Å². The van der Waals surface area contributed by atoms with Crippen molar-refractivity contribution in [3.63, 3.8) is 0 Å². The molecule has 0 unspecified atom stereocenters. The summed E-state index contributed by atoms with van der Waals surface area (Å²) in [7, 11) is 1.65. The highest BCUT2D eigenvalue weighted by atomic mass is 16.5. The lowest BCUT2D eigenvalue weighted by Crippen LogP contribution is -2.04. The normalized spacial score (nSPS) is 12.7. The molecule has 0 N–H and O–H groups in total. The molecule has 2 aromatic carbocycles. The molecule has 1 heterocycles. The number of pyridine rings is 1. The zero-order valence-electron chi connectivity index (χ0n) is 15.3. The molecule has 1 aliphatic rings. The number of methoxy groups -OCH3 is 1. The summed E-state index contributed by atoms with van der Waals surface area (Å²) in [6, 6.07) is 18.9. The number of benzene rings is 2. The number of aromatic nitrogens is 1. The van der Waals surface area contributed by atoms with Crippen molar-refractivity contribution in [3.8, 4) is 22.9 Å². The second-order valence-electron chi connectivity index (χ2n) is 6.71. The molecule has 0 fully saturated rings. The first-order valence-electron chi connectivity index (χ1n) is 9.10. The Bertz CT molecular complexity index is 919. The highest BCUT2D eigenvalue weighted by Gasteiger charge is 2.19. The molecule has 0 radical (unpaired) electrons. The highest BCUT2D eigenvalue weighted by molar-refractivity contribution is 5.68. The Labute approximate surface area is 154 Å². The van der Waals surface area contributed by atoms with Crippen LogP contribution in [0.25, 0.3) is 11.1 Å². The smallest absolute Gasteiger partial charge is 0.220 e. The van der Waals surface area contributed by atoms with Gasteiger partial charge in [-0.25, -0.2) is 0 Å². The van der Waals surface area contributed by atoms with E-state index in [1.54, 1.807) is 7.11 Å². The third-order valence-electron chi connectivity index (χ3n) is 5.13. The number of nitrogens with zero attached hydrogens (tertiary/aromatic N) is 1. The topological polar surface area (TPSA) is 31.4 Å². The van der Waals surface area contributed by atoms with E-state index in [0.29, 0.717) is 12.5 Å². The molecular weight excluding hydrogens is 322 g/mol. The van der Waals surface area contributed by atoms with E-state index in [1.165, 1.54) is 33.4 Å². The summed E-state index contributed by atoms with van der Waals surface area (Å²) in [4.78, 5) is 4.54. The SMILES string of the molecule is COc1cc2c(c(OCc3cccc(-c4ccccc4)c3C)n1)CCC2. The molecule has 0 aliphatic heterocycles. The minimum absolute atomic E-state index is 0.513. The van der Waals surface area contributed by atoms with E-state index < -0.39 is 0 Å². The summed E-state index contributed by atoms with van der Waals surface area (Å²) in [6.07, 6.45) is 3.26. The fourth-order valence-corrected chi connectivity index (χ4v) is 3.66. The first kappa shape index (κ1) is 16.6. The summed E-state index contributed by atoms with van der Waals surface area (Å²) in [5.74, 6) is 1.36.